The van der Waals surface area contributed by atoms with Crippen molar-refractivity contribution in [2.24, 2.45) is 5.73 Å². The molecule has 5 N–H and O–H groups in total. The van der Waals surface area contributed by atoms with Gasteiger partial charge in [-0.3, -0.25) is 9.59 Å². The van der Waals surface area contributed by atoms with E-state index in [0.717, 1.165) is 27.8 Å². The van der Waals surface area contributed by atoms with Crippen molar-refractivity contribution in [1.29, 1.82) is 0 Å². The molecule has 0 saturated carbocycles. The number of nitrogens with zero attached hydrogens (tertiary/aromatic N) is 2. The first-order valence-electron chi connectivity index (χ1n) is 9.44. The van der Waals surface area contributed by atoms with Crippen LogP contribution in [0.15, 0.2) is 54.7 Å². The van der Waals surface area contributed by atoms with Crippen LogP contribution in [0.1, 0.15) is 38.0 Å². The molecule has 30 heavy (non-hydrogen) atoms. The normalized spacial score (nSPS) is 14.5. The highest BCUT2D eigenvalue weighted by molar-refractivity contribution is 6.10. The van der Waals surface area contributed by atoms with Gasteiger partial charge in [-0.15, -0.1) is 10.2 Å². The fourth-order valence-electron chi connectivity index (χ4n) is 3.99. The first kappa shape index (κ1) is 17.9. The highest BCUT2D eigenvalue weighted by atomic mass is 16.2. The minimum atomic E-state index is -0.630. The molecule has 3 heterocycles. The molecule has 2 aromatic heterocycles. The van der Waals surface area contributed by atoms with E-state index in [1.54, 1.807) is 19.2 Å². The molecule has 8 heteroatoms. The van der Waals surface area contributed by atoms with Crippen molar-refractivity contribution in [3.63, 3.8) is 0 Å². The molecular formula is C22H18N6O2. The van der Waals surface area contributed by atoms with E-state index < -0.39 is 5.91 Å². The number of rotatable bonds is 3. The number of benzene rings is 2. The van der Waals surface area contributed by atoms with E-state index in [2.05, 4.69) is 25.8 Å². The van der Waals surface area contributed by atoms with Crippen molar-refractivity contribution in [1.82, 2.24) is 20.5 Å². The molecule has 1 aliphatic heterocycles. The van der Waals surface area contributed by atoms with Crippen molar-refractivity contribution in [2.45, 2.75) is 6.04 Å². The number of aromatic nitrogens is 3. The molecule has 0 bridgehead atoms. The van der Waals surface area contributed by atoms with Gasteiger partial charge in [-0.2, -0.15) is 0 Å². The lowest BCUT2D eigenvalue weighted by Gasteiger charge is -2.19. The Morgan fingerprint density at radius 2 is 1.83 bits per heavy atom. The van der Waals surface area contributed by atoms with Crippen molar-refractivity contribution in [2.75, 3.05) is 12.4 Å². The molecule has 0 spiro atoms. The third-order valence-corrected chi connectivity index (χ3v) is 5.40. The summed E-state index contributed by atoms with van der Waals surface area (Å²) in [6.45, 7) is 0. The molecule has 0 fully saturated rings. The zero-order valence-corrected chi connectivity index (χ0v) is 16.1. The van der Waals surface area contributed by atoms with Gasteiger partial charge in [0.05, 0.1) is 6.04 Å². The number of nitrogens with one attached hydrogen (secondary N) is 3. The van der Waals surface area contributed by atoms with Crippen molar-refractivity contribution < 1.29 is 9.59 Å². The zero-order chi connectivity index (χ0) is 20.8. The highest BCUT2D eigenvalue weighted by Crippen LogP contribution is 2.44. The van der Waals surface area contributed by atoms with Gasteiger partial charge in [-0.05, 0) is 23.8 Å². The van der Waals surface area contributed by atoms with Gasteiger partial charge in [0.2, 0.25) is 0 Å². The van der Waals surface area contributed by atoms with E-state index in [1.807, 2.05) is 42.6 Å². The van der Waals surface area contributed by atoms with Crippen molar-refractivity contribution in [3.8, 4) is 11.1 Å². The molecule has 1 atom stereocenters. The average molecular weight is 398 g/mol. The molecule has 2 amide bonds. The number of anilines is 1. The predicted octanol–water partition coefficient (Wildman–Crippen LogP) is 2.60. The number of H-pyrrole nitrogens is 1. The molecule has 5 rings (SSSR count). The van der Waals surface area contributed by atoms with Gasteiger partial charge < -0.3 is 21.4 Å². The van der Waals surface area contributed by atoms with Gasteiger partial charge in [0.15, 0.2) is 11.3 Å². The van der Waals surface area contributed by atoms with Gasteiger partial charge in [0.25, 0.3) is 11.8 Å². The summed E-state index contributed by atoms with van der Waals surface area (Å²) in [6.07, 6.45) is 1.86. The first-order chi connectivity index (χ1) is 14.6. The standard InChI is InChI=1S/C22H18N6O2/c1-24-22(30)12-8-6-11(7-9-12)18-14-10-25-21-17(14)16(19(20(23)29)27-28-21)13-4-2-3-5-15(13)26-18/h2-10,18,26H,1H3,(H2,23,29)(H,24,30)(H,25,28). The van der Waals surface area contributed by atoms with E-state index in [0.29, 0.717) is 16.8 Å². The Balaban J connectivity index is 1.77. The molecule has 2 aromatic carbocycles. The molecule has 4 aromatic rings. The average Bonchev–Trinajstić information content (AvgIpc) is 3.14. The third kappa shape index (κ3) is 2.61. The number of para-hydroxylation sites is 1. The zero-order valence-electron chi connectivity index (χ0n) is 16.1. The van der Waals surface area contributed by atoms with Crippen LogP contribution in [-0.2, 0) is 0 Å². The van der Waals surface area contributed by atoms with Crippen molar-refractivity contribution in [3.05, 3.63) is 77.1 Å². The summed E-state index contributed by atoms with van der Waals surface area (Å²) < 4.78 is 0. The van der Waals surface area contributed by atoms with Crippen LogP contribution in [0, 0.1) is 0 Å². The molecule has 1 aliphatic rings. The van der Waals surface area contributed by atoms with Crippen molar-refractivity contribution >= 4 is 28.5 Å². The fraction of sp³-hybridized carbons (Fsp3) is 0.0909. The number of carbonyl (C=O) groups is 2. The minimum absolute atomic E-state index is 0.133. The maximum atomic E-state index is 12.1. The number of nitrogens with two attached hydrogens (primary N) is 1. The SMILES string of the molecule is CNC(=O)c1ccc(C2Nc3ccccc3-c3c(C(N)=O)nnc4[nH]cc2c34)cc1. The Morgan fingerprint density at radius 1 is 1.07 bits per heavy atom. The second kappa shape index (κ2) is 6.70. The van der Waals surface area contributed by atoms with Crippen LogP contribution in [-0.4, -0.2) is 34.0 Å². The maximum Gasteiger partial charge on any atom is 0.269 e. The summed E-state index contributed by atoms with van der Waals surface area (Å²) in [7, 11) is 1.60. The number of primary amides is 1. The van der Waals surface area contributed by atoms with Crippen LogP contribution in [0.4, 0.5) is 5.69 Å². The Hall–Kier alpha value is -4.20. The van der Waals surface area contributed by atoms with E-state index >= 15 is 0 Å². The molecular weight excluding hydrogens is 380 g/mol. The highest BCUT2D eigenvalue weighted by Gasteiger charge is 2.29. The molecule has 1 unspecified atom stereocenters. The summed E-state index contributed by atoms with van der Waals surface area (Å²) >= 11 is 0. The van der Waals surface area contributed by atoms with Gasteiger partial charge in [0.1, 0.15) is 0 Å². The largest absolute Gasteiger partial charge is 0.374 e. The predicted molar refractivity (Wildman–Crippen MR) is 113 cm³/mol. The summed E-state index contributed by atoms with van der Waals surface area (Å²) in [5.41, 5.74) is 11.1. The minimum Gasteiger partial charge on any atom is -0.374 e. The summed E-state index contributed by atoms with van der Waals surface area (Å²) in [5.74, 6) is -0.772. The number of hydrogen-bond donors (Lipinski definition) is 4. The first-order valence-corrected chi connectivity index (χ1v) is 9.44. The van der Waals surface area contributed by atoms with Crippen LogP contribution >= 0.6 is 0 Å². The molecule has 0 aliphatic carbocycles. The van der Waals surface area contributed by atoms with E-state index in [-0.39, 0.29) is 17.6 Å². The number of carbonyl (C=O) groups excluding carboxylic acids is 2. The number of fused-ring (bicyclic) bond motifs is 2. The lowest BCUT2D eigenvalue weighted by Crippen LogP contribution is -2.18. The Bertz CT molecular complexity index is 1310. The topological polar surface area (TPSA) is 126 Å². The molecule has 0 radical (unpaired) electrons. The second-order valence-corrected chi connectivity index (χ2v) is 7.08. The second-order valence-electron chi connectivity index (χ2n) is 7.08. The number of hydrogen-bond acceptors (Lipinski definition) is 5. The third-order valence-electron chi connectivity index (χ3n) is 5.40. The summed E-state index contributed by atoms with van der Waals surface area (Å²) in [5, 5.41) is 15.2. The van der Waals surface area contributed by atoms with Crippen LogP contribution in [0.25, 0.3) is 22.2 Å². The lowest BCUT2D eigenvalue weighted by atomic mass is 9.95. The fourth-order valence-corrected chi connectivity index (χ4v) is 3.99. The van der Waals surface area contributed by atoms with Crippen LogP contribution in [0.2, 0.25) is 0 Å². The van der Waals surface area contributed by atoms with Gasteiger partial charge in [0, 0.05) is 46.6 Å². The Kier molecular flexibility index (Phi) is 3.99. The van der Waals surface area contributed by atoms with E-state index in [1.165, 1.54) is 0 Å². The van der Waals surface area contributed by atoms with Crippen LogP contribution < -0.4 is 16.4 Å². The number of aromatic amines is 1. The Labute approximate surface area is 171 Å². The summed E-state index contributed by atoms with van der Waals surface area (Å²) in [4.78, 5) is 27.2. The van der Waals surface area contributed by atoms with Gasteiger partial charge in [-0.1, -0.05) is 30.3 Å². The van der Waals surface area contributed by atoms with Crippen LogP contribution in [0.5, 0.6) is 0 Å². The smallest absolute Gasteiger partial charge is 0.269 e. The molecule has 8 nitrogen and oxygen atoms in total. The summed E-state index contributed by atoms with van der Waals surface area (Å²) in [6, 6.07) is 14.9. The molecule has 148 valence electrons. The Morgan fingerprint density at radius 3 is 2.57 bits per heavy atom. The monoisotopic (exact) mass is 398 g/mol. The maximum absolute atomic E-state index is 12.1. The van der Waals surface area contributed by atoms with Gasteiger partial charge >= 0.3 is 0 Å². The van der Waals surface area contributed by atoms with E-state index in [9.17, 15) is 9.59 Å². The quantitative estimate of drug-likeness (QED) is 0.422. The number of amides is 2. The molecule has 0 saturated heterocycles. The van der Waals surface area contributed by atoms with Crippen LogP contribution in [0.3, 0.4) is 0 Å². The lowest BCUT2D eigenvalue weighted by molar-refractivity contribution is 0.0961. The van der Waals surface area contributed by atoms with E-state index in [4.69, 9.17) is 5.73 Å². The van der Waals surface area contributed by atoms with Gasteiger partial charge in [-0.25, -0.2) is 0 Å².